The molecule has 106 valence electrons. The fourth-order valence-corrected chi connectivity index (χ4v) is 3.01. The van der Waals surface area contributed by atoms with Crippen molar-refractivity contribution in [2.45, 2.75) is 6.92 Å². The van der Waals surface area contributed by atoms with E-state index in [2.05, 4.69) is 10.4 Å². The van der Waals surface area contributed by atoms with Crippen molar-refractivity contribution in [3.8, 4) is 0 Å². The summed E-state index contributed by atoms with van der Waals surface area (Å²) < 4.78 is 6.10. The van der Waals surface area contributed by atoms with Crippen LogP contribution in [-0.4, -0.2) is 41.2 Å². The highest BCUT2D eigenvalue weighted by Crippen LogP contribution is 2.33. The summed E-state index contributed by atoms with van der Waals surface area (Å²) in [6.07, 6.45) is 0. The van der Waals surface area contributed by atoms with E-state index < -0.39 is 0 Å². The number of nitrogens with zero attached hydrogens (tertiary/aromatic N) is 3. The van der Waals surface area contributed by atoms with Gasteiger partial charge in [-0.25, -0.2) is 9.99 Å². The molecule has 1 aliphatic rings. The third-order valence-electron chi connectivity index (χ3n) is 3.10. The minimum atomic E-state index is -0.364. The number of ether oxygens (including phenoxy) is 1. The second kappa shape index (κ2) is 5.31. The van der Waals surface area contributed by atoms with Crippen LogP contribution < -0.4 is 5.43 Å². The highest BCUT2D eigenvalue weighted by atomic mass is 32.1. The van der Waals surface area contributed by atoms with Crippen molar-refractivity contribution < 1.29 is 9.66 Å². The van der Waals surface area contributed by atoms with Crippen molar-refractivity contribution >= 4 is 32.9 Å². The number of aromatic nitrogens is 1. The lowest BCUT2D eigenvalue weighted by Gasteiger charge is -2.27. The number of benzene rings is 1. The standard InChI is InChI=1S/C12H14N4O3S/c1-8-13-10-6-9(14-15-2-4-19-5-3-15)11(16(17)18)7-12(10)20-8/h6-7,14H,2-5H2,1H3. The molecule has 1 N–H and O–H groups in total. The van der Waals surface area contributed by atoms with Crippen LogP contribution in [-0.2, 0) is 4.74 Å². The van der Waals surface area contributed by atoms with Crippen molar-refractivity contribution in [2.24, 2.45) is 0 Å². The van der Waals surface area contributed by atoms with Gasteiger partial charge in [-0.2, -0.15) is 0 Å². The summed E-state index contributed by atoms with van der Waals surface area (Å²) >= 11 is 1.46. The molecule has 8 heteroatoms. The third kappa shape index (κ3) is 2.58. The quantitative estimate of drug-likeness (QED) is 0.690. The van der Waals surface area contributed by atoms with E-state index in [1.54, 1.807) is 12.1 Å². The van der Waals surface area contributed by atoms with Crippen molar-refractivity contribution in [3.63, 3.8) is 0 Å². The molecule has 7 nitrogen and oxygen atoms in total. The molecular weight excluding hydrogens is 280 g/mol. The van der Waals surface area contributed by atoms with Gasteiger partial charge in [-0.15, -0.1) is 11.3 Å². The average molecular weight is 294 g/mol. The molecule has 2 aromatic rings. The lowest BCUT2D eigenvalue weighted by molar-refractivity contribution is -0.383. The average Bonchev–Trinajstić information content (AvgIpc) is 2.78. The zero-order valence-corrected chi connectivity index (χ0v) is 11.8. The predicted molar refractivity (Wildman–Crippen MR) is 77.0 cm³/mol. The molecule has 1 aromatic carbocycles. The van der Waals surface area contributed by atoms with Crippen LogP contribution in [0, 0.1) is 17.0 Å². The van der Waals surface area contributed by atoms with Crippen LogP contribution in [0.1, 0.15) is 5.01 Å². The van der Waals surface area contributed by atoms with E-state index in [1.165, 1.54) is 11.3 Å². The van der Waals surface area contributed by atoms with E-state index in [9.17, 15) is 10.1 Å². The zero-order chi connectivity index (χ0) is 14.1. The summed E-state index contributed by atoms with van der Waals surface area (Å²) in [5.74, 6) is 0. The first-order valence-electron chi connectivity index (χ1n) is 6.28. The highest BCUT2D eigenvalue weighted by molar-refractivity contribution is 7.18. The molecule has 20 heavy (non-hydrogen) atoms. The van der Waals surface area contributed by atoms with Crippen molar-refractivity contribution in [1.82, 2.24) is 9.99 Å². The van der Waals surface area contributed by atoms with Gasteiger partial charge in [0.15, 0.2) is 0 Å². The minimum absolute atomic E-state index is 0.0765. The molecule has 0 atom stereocenters. The second-order valence-corrected chi connectivity index (χ2v) is 5.77. The van der Waals surface area contributed by atoms with Gasteiger partial charge in [0.05, 0.1) is 33.4 Å². The number of rotatable bonds is 3. The van der Waals surface area contributed by atoms with Gasteiger partial charge < -0.3 is 10.2 Å². The van der Waals surface area contributed by atoms with Gasteiger partial charge in [-0.3, -0.25) is 10.1 Å². The Morgan fingerprint density at radius 2 is 2.20 bits per heavy atom. The van der Waals surface area contributed by atoms with Gasteiger partial charge >= 0.3 is 0 Å². The number of nitrogens with one attached hydrogen (secondary N) is 1. The summed E-state index contributed by atoms with van der Waals surface area (Å²) in [4.78, 5) is 15.2. The van der Waals surface area contributed by atoms with E-state index in [0.29, 0.717) is 32.0 Å². The van der Waals surface area contributed by atoms with E-state index in [1.807, 2.05) is 11.9 Å². The van der Waals surface area contributed by atoms with Crippen LogP contribution >= 0.6 is 11.3 Å². The fraction of sp³-hybridized carbons (Fsp3) is 0.417. The lowest BCUT2D eigenvalue weighted by atomic mass is 10.2. The SMILES string of the molecule is Cc1nc2cc(NN3CCOCC3)c([N+](=O)[O-])cc2s1. The number of nitro groups is 1. The topological polar surface area (TPSA) is 80.5 Å². The zero-order valence-electron chi connectivity index (χ0n) is 11.0. The number of nitro benzene ring substituents is 1. The van der Waals surface area contributed by atoms with E-state index >= 15 is 0 Å². The molecule has 0 unspecified atom stereocenters. The van der Waals surface area contributed by atoms with Crippen LogP contribution in [0.4, 0.5) is 11.4 Å². The Hall–Kier alpha value is -1.77. The molecule has 0 amide bonds. The van der Waals surface area contributed by atoms with Crippen molar-refractivity contribution in [3.05, 3.63) is 27.3 Å². The minimum Gasteiger partial charge on any atom is -0.379 e. The molecule has 0 saturated carbocycles. The largest absolute Gasteiger partial charge is 0.379 e. The Kier molecular flexibility index (Phi) is 3.51. The number of thiazole rings is 1. The number of anilines is 1. The summed E-state index contributed by atoms with van der Waals surface area (Å²) in [6.45, 7) is 4.54. The molecule has 0 radical (unpaired) electrons. The summed E-state index contributed by atoms with van der Waals surface area (Å²) in [5, 5.41) is 14.0. The fourth-order valence-electron chi connectivity index (χ4n) is 2.16. The van der Waals surface area contributed by atoms with Gasteiger partial charge in [0.1, 0.15) is 5.69 Å². The number of hydrazine groups is 1. The molecule has 2 heterocycles. The Bertz CT molecular complexity index is 651. The second-order valence-electron chi connectivity index (χ2n) is 4.54. The number of hydrogen-bond acceptors (Lipinski definition) is 7. The van der Waals surface area contributed by atoms with Crippen LogP contribution in [0.3, 0.4) is 0 Å². The number of morpholine rings is 1. The van der Waals surface area contributed by atoms with Gasteiger partial charge in [0.25, 0.3) is 5.69 Å². The van der Waals surface area contributed by atoms with Crippen LogP contribution in [0.15, 0.2) is 12.1 Å². The van der Waals surface area contributed by atoms with Crippen LogP contribution in [0.5, 0.6) is 0 Å². The Morgan fingerprint density at radius 3 is 2.90 bits per heavy atom. The predicted octanol–water partition coefficient (Wildman–Crippen LogP) is 2.17. The Balaban J connectivity index is 1.97. The maximum Gasteiger partial charge on any atom is 0.295 e. The lowest BCUT2D eigenvalue weighted by Crippen LogP contribution is -2.40. The molecule has 0 aliphatic carbocycles. The molecule has 1 fully saturated rings. The molecule has 0 bridgehead atoms. The normalized spacial score (nSPS) is 16.4. The van der Waals surface area contributed by atoms with Crippen LogP contribution in [0.2, 0.25) is 0 Å². The molecule has 1 aliphatic heterocycles. The summed E-state index contributed by atoms with van der Waals surface area (Å²) in [5.41, 5.74) is 4.45. The van der Waals surface area contributed by atoms with Crippen LogP contribution in [0.25, 0.3) is 10.2 Å². The first kappa shape index (κ1) is 13.2. The first-order valence-corrected chi connectivity index (χ1v) is 7.10. The van der Waals surface area contributed by atoms with E-state index in [0.717, 1.165) is 15.2 Å². The van der Waals surface area contributed by atoms with E-state index in [-0.39, 0.29) is 10.6 Å². The number of fused-ring (bicyclic) bond motifs is 1. The third-order valence-corrected chi connectivity index (χ3v) is 4.03. The molecule has 3 rings (SSSR count). The number of aryl methyl sites for hydroxylation is 1. The Labute approximate surface area is 119 Å². The molecular formula is C12H14N4O3S. The van der Waals surface area contributed by atoms with Gasteiger partial charge in [-0.1, -0.05) is 0 Å². The van der Waals surface area contributed by atoms with E-state index in [4.69, 9.17) is 4.74 Å². The molecule has 0 spiro atoms. The van der Waals surface area contributed by atoms with Gasteiger partial charge in [0, 0.05) is 19.2 Å². The Morgan fingerprint density at radius 1 is 1.45 bits per heavy atom. The smallest absolute Gasteiger partial charge is 0.295 e. The number of hydrogen-bond donors (Lipinski definition) is 1. The van der Waals surface area contributed by atoms with Gasteiger partial charge in [-0.05, 0) is 13.0 Å². The summed E-state index contributed by atoms with van der Waals surface area (Å²) in [6, 6.07) is 3.33. The van der Waals surface area contributed by atoms with Crippen molar-refractivity contribution in [2.75, 3.05) is 31.7 Å². The molecule has 1 aromatic heterocycles. The van der Waals surface area contributed by atoms with Gasteiger partial charge in [0.2, 0.25) is 0 Å². The summed E-state index contributed by atoms with van der Waals surface area (Å²) in [7, 11) is 0. The molecule has 1 saturated heterocycles. The van der Waals surface area contributed by atoms with Crippen molar-refractivity contribution in [1.29, 1.82) is 0 Å². The monoisotopic (exact) mass is 294 g/mol. The maximum absolute atomic E-state index is 11.2. The maximum atomic E-state index is 11.2. The first-order chi connectivity index (χ1) is 9.63. The highest BCUT2D eigenvalue weighted by Gasteiger charge is 2.20.